The Kier molecular flexibility index (Phi) is 3.98. The second-order valence-corrected chi connectivity index (χ2v) is 3.79. The molecule has 0 aromatic carbocycles. The Morgan fingerprint density at radius 1 is 1.50 bits per heavy atom. The van der Waals surface area contributed by atoms with Crippen LogP contribution in [0.5, 0.6) is 0 Å². The van der Waals surface area contributed by atoms with Gasteiger partial charge in [0.1, 0.15) is 0 Å². The molecular formula is C9H20N2O. The first-order valence-electron chi connectivity index (χ1n) is 4.78. The maximum atomic E-state index is 5.88. The molecule has 0 aromatic heterocycles. The second-order valence-electron chi connectivity index (χ2n) is 3.79. The molecule has 1 aliphatic heterocycles. The van der Waals surface area contributed by atoms with E-state index >= 15 is 0 Å². The quantitative estimate of drug-likeness (QED) is 0.643. The van der Waals surface area contributed by atoms with Crippen LogP contribution in [0, 0.1) is 5.92 Å². The van der Waals surface area contributed by atoms with E-state index < -0.39 is 0 Å². The minimum Gasteiger partial charge on any atom is -0.379 e. The van der Waals surface area contributed by atoms with E-state index in [0.717, 1.165) is 26.1 Å². The van der Waals surface area contributed by atoms with E-state index in [9.17, 15) is 0 Å². The standard InChI is InChI=1S/C9H20N2O/c1-7(2)12-4-3-8-5-11-6-9(8)10/h7-9,11H,3-6,10H2,1-2H3/t8-,9+/m0/s1. The van der Waals surface area contributed by atoms with Gasteiger partial charge >= 0.3 is 0 Å². The highest BCUT2D eigenvalue weighted by Gasteiger charge is 2.22. The van der Waals surface area contributed by atoms with Gasteiger partial charge in [-0.05, 0) is 32.7 Å². The third-order valence-electron chi connectivity index (χ3n) is 2.33. The molecule has 2 atom stereocenters. The predicted molar refractivity (Wildman–Crippen MR) is 50.0 cm³/mol. The highest BCUT2D eigenvalue weighted by molar-refractivity contribution is 4.83. The fourth-order valence-electron chi connectivity index (χ4n) is 1.52. The van der Waals surface area contributed by atoms with Crippen molar-refractivity contribution in [2.75, 3.05) is 19.7 Å². The molecular weight excluding hydrogens is 152 g/mol. The molecule has 72 valence electrons. The lowest BCUT2D eigenvalue weighted by Crippen LogP contribution is -2.29. The zero-order valence-electron chi connectivity index (χ0n) is 8.05. The molecule has 0 radical (unpaired) electrons. The monoisotopic (exact) mass is 172 g/mol. The molecule has 1 heterocycles. The van der Waals surface area contributed by atoms with Gasteiger partial charge in [0.15, 0.2) is 0 Å². The van der Waals surface area contributed by atoms with Crippen LogP contribution < -0.4 is 11.1 Å². The first-order chi connectivity index (χ1) is 5.70. The Labute approximate surface area is 74.7 Å². The molecule has 12 heavy (non-hydrogen) atoms. The van der Waals surface area contributed by atoms with E-state index in [0.29, 0.717) is 18.1 Å². The van der Waals surface area contributed by atoms with Gasteiger partial charge in [0.25, 0.3) is 0 Å². The lowest BCUT2D eigenvalue weighted by molar-refractivity contribution is 0.0687. The van der Waals surface area contributed by atoms with Gasteiger partial charge in [-0.25, -0.2) is 0 Å². The van der Waals surface area contributed by atoms with Gasteiger partial charge in [0, 0.05) is 19.2 Å². The van der Waals surface area contributed by atoms with Crippen molar-refractivity contribution in [3.05, 3.63) is 0 Å². The SMILES string of the molecule is CC(C)OCC[C@H]1CNC[C@H]1N. The van der Waals surface area contributed by atoms with Gasteiger partial charge in [-0.3, -0.25) is 0 Å². The Balaban J connectivity index is 2.06. The number of hydrogen-bond acceptors (Lipinski definition) is 3. The predicted octanol–water partition coefficient (Wildman–Crippen LogP) is 0.348. The largest absolute Gasteiger partial charge is 0.379 e. The average Bonchev–Trinajstić information content (AvgIpc) is 2.36. The third kappa shape index (κ3) is 3.09. The van der Waals surface area contributed by atoms with Crippen molar-refractivity contribution in [2.24, 2.45) is 11.7 Å². The van der Waals surface area contributed by atoms with E-state index in [4.69, 9.17) is 10.5 Å². The number of nitrogens with one attached hydrogen (secondary N) is 1. The lowest BCUT2D eigenvalue weighted by Gasteiger charge is -2.14. The van der Waals surface area contributed by atoms with Crippen molar-refractivity contribution in [3.63, 3.8) is 0 Å². The molecule has 1 rings (SSSR count). The zero-order valence-corrected chi connectivity index (χ0v) is 8.05. The fourth-order valence-corrected chi connectivity index (χ4v) is 1.52. The van der Waals surface area contributed by atoms with E-state index in [1.54, 1.807) is 0 Å². The van der Waals surface area contributed by atoms with Crippen LogP contribution in [0.25, 0.3) is 0 Å². The minimum atomic E-state index is 0.334. The summed E-state index contributed by atoms with van der Waals surface area (Å²) in [5.41, 5.74) is 5.88. The molecule has 0 unspecified atom stereocenters. The summed E-state index contributed by atoms with van der Waals surface area (Å²) >= 11 is 0. The van der Waals surface area contributed by atoms with Crippen molar-refractivity contribution in [2.45, 2.75) is 32.4 Å². The summed E-state index contributed by atoms with van der Waals surface area (Å²) in [5.74, 6) is 0.615. The summed E-state index contributed by atoms with van der Waals surface area (Å²) in [5, 5.41) is 3.28. The molecule has 1 fully saturated rings. The van der Waals surface area contributed by atoms with Crippen LogP contribution in [0.1, 0.15) is 20.3 Å². The summed E-state index contributed by atoms with van der Waals surface area (Å²) in [4.78, 5) is 0. The van der Waals surface area contributed by atoms with Crippen LogP contribution in [0.2, 0.25) is 0 Å². The van der Waals surface area contributed by atoms with Crippen molar-refractivity contribution in [3.8, 4) is 0 Å². The summed E-state index contributed by atoms with van der Waals surface area (Å²) < 4.78 is 5.47. The van der Waals surface area contributed by atoms with Crippen molar-refractivity contribution in [1.82, 2.24) is 5.32 Å². The average molecular weight is 172 g/mol. The molecule has 0 spiro atoms. The van der Waals surface area contributed by atoms with Gasteiger partial charge in [-0.1, -0.05) is 0 Å². The molecule has 3 heteroatoms. The summed E-state index contributed by atoms with van der Waals surface area (Å²) in [6.45, 7) is 6.99. The zero-order chi connectivity index (χ0) is 8.97. The molecule has 0 amide bonds. The fraction of sp³-hybridized carbons (Fsp3) is 1.00. The molecule has 0 aliphatic carbocycles. The third-order valence-corrected chi connectivity index (χ3v) is 2.33. The number of rotatable bonds is 4. The highest BCUT2D eigenvalue weighted by Crippen LogP contribution is 2.11. The maximum absolute atomic E-state index is 5.88. The molecule has 3 N–H and O–H groups in total. The first-order valence-corrected chi connectivity index (χ1v) is 4.78. The van der Waals surface area contributed by atoms with Gasteiger partial charge < -0.3 is 15.8 Å². The Morgan fingerprint density at radius 2 is 2.25 bits per heavy atom. The highest BCUT2D eigenvalue weighted by atomic mass is 16.5. The lowest BCUT2D eigenvalue weighted by atomic mass is 10.0. The van der Waals surface area contributed by atoms with E-state index in [1.165, 1.54) is 0 Å². The van der Waals surface area contributed by atoms with Gasteiger partial charge in [0.2, 0.25) is 0 Å². The van der Waals surface area contributed by atoms with E-state index in [-0.39, 0.29) is 0 Å². The molecule has 3 nitrogen and oxygen atoms in total. The van der Waals surface area contributed by atoms with Gasteiger partial charge in [0.05, 0.1) is 6.10 Å². The van der Waals surface area contributed by atoms with Crippen molar-refractivity contribution >= 4 is 0 Å². The Morgan fingerprint density at radius 3 is 2.75 bits per heavy atom. The minimum absolute atomic E-state index is 0.334. The van der Waals surface area contributed by atoms with Crippen molar-refractivity contribution in [1.29, 1.82) is 0 Å². The normalized spacial score (nSPS) is 30.0. The number of hydrogen-bond donors (Lipinski definition) is 2. The number of nitrogens with two attached hydrogens (primary N) is 1. The molecule has 1 aliphatic rings. The van der Waals surface area contributed by atoms with E-state index in [2.05, 4.69) is 19.2 Å². The first kappa shape index (κ1) is 9.96. The molecule has 0 aromatic rings. The molecule has 0 saturated carbocycles. The Bertz CT molecular complexity index is 128. The Hall–Kier alpha value is -0.120. The molecule has 1 saturated heterocycles. The maximum Gasteiger partial charge on any atom is 0.0518 e. The summed E-state index contributed by atoms with van der Waals surface area (Å²) in [6.07, 6.45) is 1.43. The van der Waals surface area contributed by atoms with Crippen molar-refractivity contribution < 1.29 is 4.74 Å². The van der Waals surface area contributed by atoms with E-state index in [1.807, 2.05) is 0 Å². The second kappa shape index (κ2) is 4.80. The van der Waals surface area contributed by atoms with Crippen LogP contribution in [-0.2, 0) is 4.74 Å². The summed E-state index contributed by atoms with van der Waals surface area (Å²) in [6, 6.07) is 0.334. The van der Waals surface area contributed by atoms with Gasteiger partial charge in [-0.15, -0.1) is 0 Å². The van der Waals surface area contributed by atoms with Crippen LogP contribution in [0.4, 0.5) is 0 Å². The van der Waals surface area contributed by atoms with Crippen LogP contribution >= 0.6 is 0 Å². The summed E-state index contributed by atoms with van der Waals surface area (Å²) in [7, 11) is 0. The van der Waals surface area contributed by atoms with Gasteiger partial charge in [-0.2, -0.15) is 0 Å². The topological polar surface area (TPSA) is 47.3 Å². The molecule has 0 bridgehead atoms. The van der Waals surface area contributed by atoms with Crippen LogP contribution in [0.3, 0.4) is 0 Å². The van der Waals surface area contributed by atoms with Crippen LogP contribution in [-0.4, -0.2) is 31.8 Å². The smallest absolute Gasteiger partial charge is 0.0518 e. The number of ether oxygens (including phenoxy) is 1. The van der Waals surface area contributed by atoms with Crippen LogP contribution in [0.15, 0.2) is 0 Å².